The molecule has 2 heterocycles. The van der Waals surface area contributed by atoms with Gasteiger partial charge in [0.15, 0.2) is 5.13 Å². The van der Waals surface area contributed by atoms with E-state index in [0.29, 0.717) is 21.6 Å². The zero-order valence-electron chi connectivity index (χ0n) is 13.9. The van der Waals surface area contributed by atoms with Crippen LogP contribution in [0.4, 0.5) is 5.13 Å². The van der Waals surface area contributed by atoms with Gasteiger partial charge in [-0.3, -0.25) is 14.6 Å². The third-order valence-corrected chi connectivity index (χ3v) is 4.86. The molecule has 0 aliphatic heterocycles. The van der Waals surface area contributed by atoms with Crippen molar-refractivity contribution in [2.24, 2.45) is 0 Å². The van der Waals surface area contributed by atoms with E-state index in [1.165, 1.54) is 23.6 Å². The number of hydrogen-bond acceptors (Lipinski definition) is 5. The molecule has 0 atom stereocenters. The van der Waals surface area contributed by atoms with E-state index in [9.17, 15) is 9.59 Å². The molecule has 2 N–H and O–H groups in total. The van der Waals surface area contributed by atoms with Gasteiger partial charge >= 0.3 is 0 Å². The molecule has 2 amide bonds. The molecule has 2 aromatic heterocycles. The predicted molar refractivity (Wildman–Crippen MR) is 107 cm³/mol. The molecule has 0 fully saturated rings. The lowest BCUT2D eigenvalue weighted by molar-refractivity contribution is -0.115. The first kappa shape index (κ1) is 19.3. The highest BCUT2D eigenvalue weighted by molar-refractivity contribution is 7.15. The number of amides is 2. The number of thiazole rings is 1. The minimum Gasteiger partial charge on any atom is -0.342 e. The Balaban J connectivity index is 1.50. The minimum atomic E-state index is -0.477. The van der Waals surface area contributed by atoms with Crippen molar-refractivity contribution in [1.29, 1.82) is 0 Å². The first-order valence-corrected chi connectivity index (χ1v) is 9.45. The van der Waals surface area contributed by atoms with Crippen LogP contribution in [0.25, 0.3) is 0 Å². The van der Waals surface area contributed by atoms with Crippen LogP contribution in [0.15, 0.2) is 48.8 Å². The topological polar surface area (TPSA) is 84.0 Å². The van der Waals surface area contributed by atoms with E-state index in [4.69, 9.17) is 23.2 Å². The molecule has 138 valence electrons. The van der Waals surface area contributed by atoms with E-state index in [0.717, 1.165) is 10.4 Å². The van der Waals surface area contributed by atoms with Crippen LogP contribution >= 0.6 is 34.5 Å². The van der Waals surface area contributed by atoms with E-state index >= 15 is 0 Å². The molecule has 27 heavy (non-hydrogen) atoms. The number of benzene rings is 1. The number of carbonyl (C=O) groups excluding carboxylic acids is 2. The Bertz CT molecular complexity index is 960. The first-order chi connectivity index (χ1) is 13.0. The number of aromatic nitrogens is 2. The van der Waals surface area contributed by atoms with Crippen molar-refractivity contribution in [2.45, 2.75) is 6.42 Å². The average molecular weight is 421 g/mol. The molecule has 0 radical (unpaired) electrons. The van der Waals surface area contributed by atoms with Gasteiger partial charge in [-0.25, -0.2) is 4.98 Å². The standard InChI is InChI=1S/C18H14Cl2N4O2S/c19-12-3-1-11(2-4-12)7-14-9-23-18(27-14)24-16(25)10-22-17(26)15-8-13(20)5-6-21-15/h1-6,8-9H,7,10H2,(H,22,26)(H,23,24,25). The molecular formula is C18H14Cl2N4O2S. The fraction of sp³-hybridized carbons (Fsp3) is 0.111. The summed E-state index contributed by atoms with van der Waals surface area (Å²) >= 11 is 13.1. The molecule has 0 spiro atoms. The number of pyridine rings is 1. The summed E-state index contributed by atoms with van der Waals surface area (Å²) in [4.78, 5) is 33.0. The molecule has 1 aromatic carbocycles. The quantitative estimate of drug-likeness (QED) is 0.634. The summed E-state index contributed by atoms with van der Waals surface area (Å²) in [6, 6.07) is 10.5. The van der Waals surface area contributed by atoms with Crippen LogP contribution in [-0.2, 0) is 11.2 Å². The van der Waals surface area contributed by atoms with Crippen LogP contribution in [0.2, 0.25) is 10.0 Å². The Morgan fingerprint density at radius 1 is 1.04 bits per heavy atom. The van der Waals surface area contributed by atoms with Crippen molar-refractivity contribution in [3.8, 4) is 0 Å². The zero-order chi connectivity index (χ0) is 19.2. The van der Waals surface area contributed by atoms with Crippen molar-refractivity contribution >= 4 is 51.5 Å². The van der Waals surface area contributed by atoms with Crippen molar-refractivity contribution in [3.05, 3.63) is 75.0 Å². The number of anilines is 1. The Kier molecular flexibility index (Phi) is 6.39. The number of nitrogens with one attached hydrogen (secondary N) is 2. The summed E-state index contributed by atoms with van der Waals surface area (Å²) in [5.41, 5.74) is 1.25. The lowest BCUT2D eigenvalue weighted by Crippen LogP contribution is -2.33. The third kappa shape index (κ3) is 5.75. The molecule has 0 aliphatic rings. The molecule has 0 aliphatic carbocycles. The number of hydrogen-bond donors (Lipinski definition) is 2. The van der Waals surface area contributed by atoms with Crippen molar-refractivity contribution in [1.82, 2.24) is 15.3 Å². The molecule has 0 bridgehead atoms. The van der Waals surface area contributed by atoms with Crippen LogP contribution in [0.5, 0.6) is 0 Å². The molecule has 3 rings (SSSR count). The van der Waals surface area contributed by atoms with Crippen molar-refractivity contribution < 1.29 is 9.59 Å². The van der Waals surface area contributed by atoms with E-state index in [1.807, 2.05) is 24.3 Å². The van der Waals surface area contributed by atoms with E-state index in [1.54, 1.807) is 12.3 Å². The second kappa shape index (κ2) is 8.94. The maximum atomic E-state index is 12.0. The summed E-state index contributed by atoms with van der Waals surface area (Å²) in [6.07, 6.45) is 3.83. The fourth-order valence-corrected chi connectivity index (χ4v) is 3.34. The molecule has 6 nitrogen and oxygen atoms in total. The lowest BCUT2D eigenvalue weighted by Gasteiger charge is -2.04. The number of nitrogens with zero attached hydrogens (tertiary/aromatic N) is 2. The number of carbonyl (C=O) groups is 2. The highest BCUT2D eigenvalue weighted by Crippen LogP contribution is 2.21. The number of halogens is 2. The zero-order valence-corrected chi connectivity index (χ0v) is 16.2. The summed E-state index contributed by atoms with van der Waals surface area (Å²) in [7, 11) is 0. The van der Waals surface area contributed by atoms with Crippen LogP contribution in [0.3, 0.4) is 0 Å². The summed E-state index contributed by atoms with van der Waals surface area (Å²) in [6.45, 7) is -0.195. The molecule has 0 unspecified atom stereocenters. The van der Waals surface area contributed by atoms with Gasteiger partial charge in [-0.05, 0) is 29.8 Å². The van der Waals surface area contributed by atoms with Gasteiger partial charge in [0, 0.05) is 33.7 Å². The fourth-order valence-electron chi connectivity index (χ4n) is 2.19. The Morgan fingerprint density at radius 3 is 2.56 bits per heavy atom. The molecule has 0 saturated heterocycles. The Labute approximate surface area is 169 Å². The maximum absolute atomic E-state index is 12.0. The highest BCUT2D eigenvalue weighted by Gasteiger charge is 2.11. The van der Waals surface area contributed by atoms with Gasteiger partial charge in [-0.2, -0.15) is 0 Å². The van der Waals surface area contributed by atoms with Crippen LogP contribution in [0, 0.1) is 0 Å². The second-order valence-corrected chi connectivity index (χ2v) is 7.51. The van der Waals surface area contributed by atoms with Gasteiger partial charge in [-0.1, -0.05) is 35.3 Å². The van der Waals surface area contributed by atoms with Gasteiger partial charge in [0.25, 0.3) is 5.91 Å². The molecule has 0 saturated carbocycles. The molecule has 9 heteroatoms. The Morgan fingerprint density at radius 2 is 1.81 bits per heavy atom. The van der Waals surface area contributed by atoms with Crippen molar-refractivity contribution in [2.75, 3.05) is 11.9 Å². The third-order valence-electron chi connectivity index (χ3n) is 3.46. The molecule has 3 aromatic rings. The minimum absolute atomic E-state index is 0.148. The van der Waals surface area contributed by atoms with Gasteiger partial charge in [0.05, 0.1) is 6.54 Å². The highest BCUT2D eigenvalue weighted by atomic mass is 35.5. The van der Waals surface area contributed by atoms with Gasteiger partial charge in [0.2, 0.25) is 5.91 Å². The van der Waals surface area contributed by atoms with E-state index in [-0.39, 0.29) is 18.1 Å². The first-order valence-electron chi connectivity index (χ1n) is 7.88. The SMILES string of the molecule is O=C(CNC(=O)c1cc(Cl)ccn1)Nc1ncc(Cc2ccc(Cl)cc2)s1. The Hall–Kier alpha value is -2.48. The maximum Gasteiger partial charge on any atom is 0.270 e. The van der Waals surface area contributed by atoms with Crippen molar-refractivity contribution in [3.63, 3.8) is 0 Å². The molecular weight excluding hydrogens is 407 g/mol. The van der Waals surface area contributed by atoms with Gasteiger partial charge in [-0.15, -0.1) is 11.3 Å². The van der Waals surface area contributed by atoms with Crippen LogP contribution in [-0.4, -0.2) is 28.3 Å². The van der Waals surface area contributed by atoms with Gasteiger partial charge in [0.1, 0.15) is 5.69 Å². The van der Waals surface area contributed by atoms with E-state index in [2.05, 4.69) is 20.6 Å². The smallest absolute Gasteiger partial charge is 0.270 e. The lowest BCUT2D eigenvalue weighted by atomic mass is 10.1. The summed E-state index contributed by atoms with van der Waals surface area (Å²) < 4.78 is 0. The normalized spacial score (nSPS) is 10.4. The van der Waals surface area contributed by atoms with Crippen LogP contribution in [0.1, 0.15) is 20.9 Å². The predicted octanol–water partition coefficient (Wildman–Crippen LogP) is 3.80. The number of rotatable bonds is 6. The summed E-state index contributed by atoms with van der Waals surface area (Å²) in [5.74, 6) is -0.854. The summed E-state index contributed by atoms with van der Waals surface area (Å²) in [5, 5.41) is 6.71. The monoisotopic (exact) mass is 420 g/mol. The van der Waals surface area contributed by atoms with E-state index < -0.39 is 5.91 Å². The van der Waals surface area contributed by atoms with Crippen LogP contribution < -0.4 is 10.6 Å². The largest absolute Gasteiger partial charge is 0.342 e. The average Bonchev–Trinajstić information content (AvgIpc) is 3.08. The second-order valence-electron chi connectivity index (χ2n) is 5.53. The van der Waals surface area contributed by atoms with Gasteiger partial charge < -0.3 is 10.6 Å².